The van der Waals surface area contributed by atoms with Crippen LogP contribution in [0, 0.1) is 5.82 Å². The van der Waals surface area contributed by atoms with E-state index in [-0.39, 0.29) is 12.3 Å². The van der Waals surface area contributed by atoms with E-state index in [2.05, 4.69) is 4.72 Å². The van der Waals surface area contributed by atoms with Crippen LogP contribution in [0.1, 0.15) is 20.3 Å². The van der Waals surface area contributed by atoms with Crippen molar-refractivity contribution >= 4 is 15.7 Å². The minimum atomic E-state index is -4.03. The Morgan fingerprint density at radius 3 is 2.56 bits per heavy atom. The smallest absolute Gasteiger partial charge is 0.244 e. The molecule has 5 nitrogen and oxygen atoms in total. The van der Waals surface area contributed by atoms with Gasteiger partial charge in [0.05, 0.1) is 12.1 Å². The van der Waals surface area contributed by atoms with Crippen LogP contribution in [0.2, 0.25) is 0 Å². The summed E-state index contributed by atoms with van der Waals surface area (Å²) in [5.74, 6) is -0.918. The maximum absolute atomic E-state index is 13.6. The molecule has 7 heteroatoms. The second-order valence-electron chi connectivity index (χ2n) is 4.37. The van der Waals surface area contributed by atoms with Crippen LogP contribution in [0.4, 0.5) is 10.1 Å². The van der Waals surface area contributed by atoms with Crippen molar-refractivity contribution in [3.63, 3.8) is 0 Å². The van der Waals surface area contributed by atoms with Crippen molar-refractivity contribution < 1.29 is 17.9 Å². The molecule has 0 aliphatic heterocycles. The van der Waals surface area contributed by atoms with E-state index in [4.69, 9.17) is 10.8 Å². The third kappa shape index (κ3) is 3.18. The second-order valence-corrected chi connectivity index (χ2v) is 6.02. The van der Waals surface area contributed by atoms with E-state index >= 15 is 0 Å². The van der Waals surface area contributed by atoms with Gasteiger partial charge in [-0.05, 0) is 31.5 Å². The Bertz CT molecular complexity index is 527. The maximum Gasteiger partial charge on any atom is 0.244 e. The van der Waals surface area contributed by atoms with E-state index in [1.165, 1.54) is 6.07 Å². The molecule has 0 saturated carbocycles. The number of sulfonamides is 1. The molecule has 0 aliphatic carbocycles. The Balaban J connectivity index is 3.15. The van der Waals surface area contributed by atoms with Gasteiger partial charge in [-0.1, -0.05) is 6.92 Å². The summed E-state index contributed by atoms with van der Waals surface area (Å²) < 4.78 is 39.8. The van der Waals surface area contributed by atoms with Crippen LogP contribution >= 0.6 is 0 Å². The highest BCUT2D eigenvalue weighted by molar-refractivity contribution is 7.89. The molecule has 102 valence electrons. The fourth-order valence-corrected chi connectivity index (χ4v) is 2.86. The van der Waals surface area contributed by atoms with E-state index in [9.17, 15) is 12.8 Å². The van der Waals surface area contributed by atoms with Crippen molar-refractivity contribution in [1.29, 1.82) is 0 Å². The van der Waals surface area contributed by atoms with Crippen LogP contribution in [0.15, 0.2) is 23.1 Å². The van der Waals surface area contributed by atoms with E-state index in [1.807, 2.05) is 0 Å². The molecule has 18 heavy (non-hydrogen) atoms. The monoisotopic (exact) mass is 276 g/mol. The van der Waals surface area contributed by atoms with Gasteiger partial charge in [-0.2, -0.15) is 0 Å². The third-order valence-electron chi connectivity index (χ3n) is 2.76. The zero-order valence-corrected chi connectivity index (χ0v) is 11.1. The number of benzene rings is 1. The first-order valence-corrected chi connectivity index (χ1v) is 6.92. The normalized spacial score (nSPS) is 15.3. The average molecular weight is 276 g/mol. The van der Waals surface area contributed by atoms with Crippen LogP contribution in [0.3, 0.4) is 0 Å². The molecule has 0 amide bonds. The number of halogens is 1. The van der Waals surface area contributed by atoms with Gasteiger partial charge in [0, 0.05) is 5.69 Å². The number of hydrogen-bond acceptors (Lipinski definition) is 4. The molecule has 0 bridgehead atoms. The van der Waals surface area contributed by atoms with Crippen LogP contribution in [0.25, 0.3) is 0 Å². The van der Waals surface area contributed by atoms with Crippen molar-refractivity contribution in [3.05, 3.63) is 24.0 Å². The summed E-state index contributed by atoms with van der Waals surface area (Å²) in [4.78, 5) is -0.482. The number of nitrogens with two attached hydrogens (primary N) is 1. The highest BCUT2D eigenvalue weighted by Gasteiger charge is 2.30. The van der Waals surface area contributed by atoms with Crippen LogP contribution in [0.5, 0.6) is 0 Å². The molecule has 1 aromatic rings. The number of hydrogen-bond donors (Lipinski definition) is 3. The predicted molar refractivity (Wildman–Crippen MR) is 66.9 cm³/mol. The number of aliphatic hydroxyl groups excluding tert-OH is 1. The molecule has 0 aliphatic rings. The summed E-state index contributed by atoms with van der Waals surface area (Å²) in [7, 11) is -4.03. The Morgan fingerprint density at radius 2 is 2.11 bits per heavy atom. The fourth-order valence-electron chi connectivity index (χ4n) is 1.33. The highest BCUT2D eigenvalue weighted by Crippen LogP contribution is 2.20. The molecule has 0 radical (unpaired) electrons. The molecule has 0 saturated heterocycles. The summed E-state index contributed by atoms with van der Waals surface area (Å²) in [5.41, 5.74) is 4.48. The summed E-state index contributed by atoms with van der Waals surface area (Å²) >= 11 is 0. The molecule has 0 spiro atoms. The summed E-state index contributed by atoms with van der Waals surface area (Å²) in [5, 5.41) is 9.17. The number of nitrogens with one attached hydrogen (secondary N) is 1. The Hall–Kier alpha value is -1.18. The van der Waals surface area contributed by atoms with Gasteiger partial charge in [0.15, 0.2) is 0 Å². The standard InChI is InChI=1S/C11H17FN2O3S/c1-3-11(2,7-15)14-18(16,17)10-5-4-8(13)6-9(10)12/h4-6,14-15H,3,7,13H2,1-2H3. The van der Waals surface area contributed by atoms with Gasteiger partial charge in [0.1, 0.15) is 10.7 Å². The average Bonchev–Trinajstić information content (AvgIpc) is 2.27. The van der Waals surface area contributed by atoms with Gasteiger partial charge >= 0.3 is 0 Å². The maximum atomic E-state index is 13.6. The lowest BCUT2D eigenvalue weighted by atomic mass is 10.0. The van der Waals surface area contributed by atoms with Crippen LogP contribution < -0.4 is 10.5 Å². The van der Waals surface area contributed by atoms with E-state index in [0.29, 0.717) is 6.42 Å². The van der Waals surface area contributed by atoms with Crippen LogP contribution in [-0.4, -0.2) is 25.7 Å². The lowest BCUT2D eigenvalue weighted by Crippen LogP contribution is -2.48. The van der Waals surface area contributed by atoms with Gasteiger partial charge in [0.2, 0.25) is 10.0 Å². The number of anilines is 1. The Morgan fingerprint density at radius 1 is 1.50 bits per heavy atom. The van der Waals surface area contributed by atoms with Gasteiger partial charge in [-0.3, -0.25) is 0 Å². The first-order valence-electron chi connectivity index (χ1n) is 5.44. The zero-order chi connectivity index (χ0) is 14.0. The molecule has 4 N–H and O–H groups in total. The van der Waals surface area contributed by atoms with Gasteiger partial charge < -0.3 is 10.8 Å². The summed E-state index contributed by atoms with van der Waals surface area (Å²) in [6.45, 7) is 2.89. The molecular formula is C11H17FN2O3S. The van der Waals surface area contributed by atoms with Crippen molar-refractivity contribution in [2.75, 3.05) is 12.3 Å². The zero-order valence-electron chi connectivity index (χ0n) is 10.3. The van der Waals surface area contributed by atoms with Crippen molar-refractivity contribution in [2.24, 2.45) is 0 Å². The first kappa shape index (κ1) is 14.9. The highest BCUT2D eigenvalue weighted by atomic mass is 32.2. The Kier molecular flexibility index (Phi) is 4.31. The Labute approximate surface area is 106 Å². The van der Waals surface area contributed by atoms with Crippen molar-refractivity contribution in [1.82, 2.24) is 4.72 Å². The minimum Gasteiger partial charge on any atom is -0.399 e. The van der Waals surface area contributed by atoms with Gasteiger partial charge in [-0.15, -0.1) is 0 Å². The first-order chi connectivity index (χ1) is 8.24. The molecule has 1 rings (SSSR count). The third-order valence-corrected chi connectivity index (χ3v) is 4.43. The molecular weight excluding hydrogens is 259 g/mol. The molecule has 0 heterocycles. The molecule has 1 aromatic carbocycles. The number of rotatable bonds is 5. The van der Waals surface area contributed by atoms with Crippen molar-refractivity contribution in [3.8, 4) is 0 Å². The minimum absolute atomic E-state index is 0.145. The quantitative estimate of drug-likeness (QED) is 0.695. The molecule has 0 aromatic heterocycles. The summed E-state index contributed by atoms with van der Waals surface area (Å²) in [6.07, 6.45) is 0.374. The fraction of sp³-hybridized carbons (Fsp3) is 0.455. The van der Waals surface area contributed by atoms with E-state index < -0.39 is 26.3 Å². The SMILES string of the molecule is CCC(C)(CO)NS(=O)(=O)c1ccc(N)cc1F. The molecule has 0 fully saturated rings. The second kappa shape index (κ2) is 5.21. The van der Waals surface area contributed by atoms with Gasteiger partial charge in [0.25, 0.3) is 0 Å². The van der Waals surface area contributed by atoms with E-state index in [1.54, 1.807) is 13.8 Å². The lowest BCUT2D eigenvalue weighted by molar-refractivity contribution is 0.191. The van der Waals surface area contributed by atoms with E-state index in [0.717, 1.165) is 12.1 Å². The number of nitrogen functional groups attached to an aromatic ring is 1. The molecule has 1 atom stereocenters. The lowest BCUT2D eigenvalue weighted by Gasteiger charge is -2.26. The largest absolute Gasteiger partial charge is 0.399 e. The van der Waals surface area contributed by atoms with Gasteiger partial charge in [-0.25, -0.2) is 17.5 Å². The van der Waals surface area contributed by atoms with Crippen LogP contribution in [-0.2, 0) is 10.0 Å². The predicted octanol–water partition coefficient (Wildman–Crippen LogP) is 0.847. The molecule has 1 unspecified atom stereocenters. The topological polar surface area (TPSA) is 92.4 Å². The summed E-state index contributed by atoms with van der Waals surface area (Å²) in [6, 6.07) is 3.34. The van der Waals surface area contributed by atoms with Crippen molar-refractivity contribution in [2.45, 2.75) is 30.7 Å². The number of aliphatic hydroxyl groups is 1.